The first-order valence-electron chi connectivity index (χ1n) is 7.66. The highest BCUT2D eigenvalue weighted by Crippen LogP contribution is 2.36. The number of thioether (sulfide) groups is 1. The van der Waals surface area contributed by atoms with Crippen LogP contribution in [0.4, 0.5) is 0 Å². The third-order valence-electron chi connectivity index (χ3n) is 3.82. The molecule has 0 unspecified atom stereocenters. The van der Waals surface area contributed by atoms with Crippen molar-refractivity contribution in [3.05, 3.63) is 65.7 Å². The molecule has 1 N–H and O–H groups in total. The molecule has 0 spiro atoms. The third-order valence-corrected chi connectivity index (χ3v) is 6.44. The van der Waals surface area contributed by atoms with E-state index in [0.29, 0.717) is 12.3 Å². The number of amides is 1. The average Bonchev–Trinajstić information content (AvgIpc) is 2.61. The Balaban J connectivity index is 1.55. The number of hydrogen-bond acceptors (Lipinski definition) is 3. The number of benzene rings is 2. The molecule has 0 bridgehead atoms. The number of aryl methyl sites for hydroxylation is 1. The number of fused-ring (bicyclic) bond motifs is 1. The van der Waals surface area contributed by atoms with Gasteiger partial charge in [0.1, 0.15) is 5.25 Å². The molecule has 120 valence electrons. The highest BCUT2D eigenvalue weighted by molar-refractivity contribution is 8.00. The van der Waals surface area contributed by atoms with Gasteiger partial charge in [0.05, 0.1) is 10.8 Å². The molecule has 3 nitrogen and oxygen atoms in total. The molecular weight excluding hydrogens is 326 g/mol. The van der Waals surface area contributed by atoms with E-state index in [0.717, 1.165) is 22.6 Å². The van der Waals surface area contributed by atoms with E-state index < -0.39 is 10.8 Å². The fourth-order valence-corrected chi connectivity index (χ4v) is 4.86. The summed E-state index contributed by atoms with van der Waals surface area (Å²) in [6.45, 7) is 0.430. The molecule has 23 heavy (non-hydrogen) atoms. The molecule has 1 heterocycles. The van der Waals surface area contributed by atoms with Gasteiger partial charge < -0.3 is 5.32 Å². The summed E-state index contributed by atoms with van der Waals surface area (Å²) in [5.41, 5.74) is 2.38. The Morgan fingerprint density at radius 1 is 1.13 bits per heavy atom. The zero-order valence-electron chi connectivity index (χ0n) is 12.7. The van der Waals surface area contributed by atoms with Crippen LogP contribution in [0.15, 0.2) is 59.5 Å². The molecule has 0 fully saturated rings. The molecule has 1 aliphatic heterocycles. The Hall–Kier alpha value is -1.59. The number of hydrogen-bond donors (Lipinski definition) is 1. The van der Waals surface area contributed by atoms with Crippen LogP contribution in [0.25, 0.3) is 0 Å². The van der Waals surface area contributed by atoms with E-state index in [2.05, 4.69) is 11.4 Å². The lowest BCUT2D eigenvalue weighted by Crippen LogP contribution is -2.32. The number of carbonyl (C=O) groups is 1. The van der Waals surface area contributed by atoms with Crippen molar-refractivity contribution < 1.29 is 9.00 Å². The van der Waals surface area contributed by atoms with Gasteiger partial charge in [-0.15, -0.1) is 11.8 Å². The number of nitrogens with one attached hydrogen (secondary N) is 1. The topological polar surface area (TPSA) is 46.2 Å². The lowest BCUT2D eigenvalue weighted by Gasteiger charge is -2.24. The Labute approximate surface area is 143 Å². The van der Waals surface area contributed by atoms with E-state index in [-0.39, 0.29) is 11.2 Å². The van der Waals surface area contributed by atoms with E-state index in [1.807, 2.05) is 48.5 Å². The van der Waals surface area contributed by atoms with E-state index >= 15 is 0 Å². The maximum absolute atomic E-state index is 12.4. The van der Waals surface area contributed by atoms with Crippen molar-refractivity contribution in [2.75, 3.05) is 18.1 Å². The van der Waals surface area contributed by atoms with Crippen LogP contribution in [0.3, 0.4) is 0 Å². The van der Waals surface area contributed by atoms with Gasteiger partial charge in [-0.3, -0.25) is 9.00 Å². The van der Waals surface area contributed by atoms with Crippen molar-refractivity contribution in [3.8, 4) is 0 Å². The predicted molar refractivity (Wildman–Crippen MR) is 96.1 cm³/mol. The molecule has 0 aliphatic carbocycles. The Kier molecular flexibility index (Phi) is 5.51. The van der Waals surface area contributed by atoms with Crippen molar-refractivity contribution in [1.82, 2.24) is 5.32 Å². The van der Waals surface area contributed by atoms with Crippen LogP contribution in [0, 0.1) is 0 Å². The van der Waals surface area contributed by atoms with Crippen molar-refractivity contribution >= 4 is 28.5 Å². The van der Waals surface area contributed by atoms with Crippen LogP contribution < -0.4 is 5.32 Å². The van der Waals surface area contributed by atoms with Crippen LogP contribution in [0.2, 0.25) is 0 Å². The zero-order valence-corrected chi connectivity index (χ0v) is 14.4. The number of carbonyl (C=O) groups excluding carboxylic acids is 1. The summed E-state index contributed by atoms with van der Waals surface area (Å²) in [6, 6.07) is 17.5. The van der Waals surface area contributed by atoms with Gasteiger partial charge in [0.25, 0.3) is 0 Å². The summed E-state index contributed by atoms with van der Waals surface area (Å²) in [4.78, 5) is 13.3. The predicted octanol–water partition coefficient (Wildman–Crippen LogP) is 2.94. The summed E-state index contributed by atoms with van der Waals surface area (Å²) in [5, 5.41) is 2.79. The summed E-state index contributed by atoms with van der Waals surface area (Å²) >= 11 is 1.68. The van der Waals surface area contributed by atoms with Gasteiger partial charge in [0, 0.05) is 17.2 Å². The van der Waals surface area contributed by atoms with Crippen LogP contribution >= 0.6 is 11.8 Å². The first kappa shape index (κ1) is 16.3. The second-order valence-corrected chi connectivity index (χ2v) is 8.14. The van der Waals surface area contributed by atoms with Crippen molar-refractivity contribution in [3.63, 3.8) is 0 Å². The molecule has 2 atom stereocenters. The van der Waals surface area contributed by atoms with Crippen molar-refractivity contribution in [2.24, 2.45) is 0 Å². The molecule has 2 aromatic carbocycles. The zero-order chi connectivity index (χ0) is 16.1. The van der Waals surface area contributed by atoms with E-state index in [1.54, 1.807) is 11.8 Å². The lowest BCUT2D eigenvalue weighted by atomic mass is 10.0. The molecule has 5 heteroatoms. The number of rotatable bonds is 5. The van der Waals surface area contributed by atoms with Gasteiger partial charge in [-0.2, -0.15) is 0 Å². The maximum Gasteiger partial charge on any atom is 0.237 e. The monoisotopic (exact) mass is 345 g/mol. The summed E-state index contributed by atoms with van der Waals surface area (Å²) in [7, 11) is -1.07. The van der Waals surface area contributed by atoms with E-state index in [4.69, 9.17) is 0 Å². The highest BCUT2D eigenvalue weighted by atomic mass is 32.2. The summed E-state index contributed by atoms with van der Waals surface area (Å²) in [5.74, 6) is 1.42. The van der Waals surface area contributed by atoms with Crippen molar-refractivity contribution in [1.29, 1.82) is 0 Å². The van der Waals surface area contributed by atoms with E-state index in [9.17, 15) is 9.00 Å². The summed E-state index contributed by atoms with van der Waals surface area (Å²) < 4.78 is 12.2. The fourth-order valence-electron chi connectivity index (χ4n) is 2.66. The average molecular weight is 345 g/mol. The Bertz CT molecular complexity index is 703. The normalized spacial score (nSPS) is 18.0. The van der Waals surface area contributed by atoms with Crippen LogP contribution in [-0.4, -0.2) is 28.2 Å². The van der Waals surface area contributed by atoms with Gasteiger partial charge in [0.2, 0.25) is 5.91 Å². The minimum Gasteiger partial charge on any atom is -0.354 e. The molecule has 1 aliphatic rings. The largest absolute Gasteiger partial charge is 0.354 e. The van der Waals surface area contributed by atoms with Crippen molar-refractivity contribution in [2.45, 2.75) is 16.6 Å². The second kappa shape index (κ2) is 7.79. The second-order valence-electron chi connectivity index (χ2n) is 5.35. The Morgan fingerprint density at radius 3 is 2.70 bits per heavy atom. The van der Waals surface area contributed by atoms with Crippen LogP contribution in [0.1, 0.15) is 16.4 Å². The highest BCUT2D eigenvalue weighted by Gasteiger charge is 2.26. The minimum atomic E-state index is -1.07. The third kappa shape index (κ3) is 4.03. The van der Waals surface area contributed by atoms with Gasteiger partial charge in [-0.25, -0.2) is 0 Å². The fraction of sp³-hybridized carbons (Fsp3) is 0.278. The molecule has 0 radical (unpaired) electrons. The molecule has 1 amide bonds. The molecule has 0 saturated heterocycles. The van der Waals surface area contributed by atoms with Crippen LogP contribution in [-0.2, 0) is 22.0 Å². The lowest BCUT2D eigenvalue weighted by molar-refractivity contribution is -0.120. The quantitative estimate of drug-likeness (QED) is 0.906. The molecule has 0 saturated carbocycles. The SMILES string of the molecule is O=C(NCC[S@@](=O)c1ccccc1)[C@H]1SCCc2ccccc21. The van der Waals surface area contributed by atoms with Gasteiger partial charge in [0.15, 0.2) is 0 Å². The minimum absolute atomic E-state index is 0.0206. The van der Waals surface area contributed by atoms with Gasteiger partial charge in [-0.05, 0) is 35.4 Å². The van der Waals surface area contributed by atoms with Gasteiger partial charge >= 0.3 is 0 Å². The maximum atomic E-state index is 12.4. The smallest absolute Gasteiger partial charge is 0.237 e. The van der Waals surface area contributed by atoms with E-state index in [1.165, 1.54) is 5.56 Å². The first-order valence-corrected chi connectivity index (χ1v) is 10.0. The summed E-state index contributed by atoms with van der Waals surface area (Å²) in [6.07, 6.45) is 1.02. The van der Waals surface area contributed by atoms with Gasteiger partial charge in [-0.1, -0.05) is 42.5 Å². The van der Waals surface area contributed by atoms with Crippen LogP contribution in [0.5, 0.6) is 0 Å². The molecule has 2 aromatic rings. The molecular formula is C18H19NO2S2. The molecule has 3 rings (SSSR count). The first-order chi connectivity index (χ1) is 11.3. The Morgan fingerprint density at radius 2 is 1.87 bits per heavy atom. The standard InChI is InChI=1S/C18H19NO2S2/c20-18(17-16-9-5-4-6-14(16)10-12-22-17)19-11-13-23(21)15-7-2-1-3-8-15/h1-9,17H,10-13H2,(H,19,20)/t17-,23+/m0/s1. The molecule has 0 aromatic heterocycles.